The van der Waals surface area contributed by atoms with Crippen molar-refractivity contribution in [3.63, 3.8) is 0 Å². The molecule has 2 aliphatic carbocycles. The Balaban J connectivity index is 1.53. The number of aryl methyl sites for hydroxylation is 1. The lowest BCUT2D eigenvalue weighted by atomic mass is 10.1. The summed E-state index contributed by atoms with van der Waals surface area (Å²) >= 11 is 0. The number of fused-ring (bicyclic) bond motifs is 1. The Morgan fingerprint density at radius 3 is 2.95 bits per heavy atom. The molecule has 0 bridgehead atoms. The van der Waals surface area contributed by atoms with Gasteiger partial charge in [-0.1, -0.05) is 24.3 Å². The molecule has 4 rings (SSSR count). The van der Waals surface area contributed by atoms with Crippen LogP contribution in [0.4, 0.5) is 0 Å². The summed E-state index contributed by atoms with van der Waals surface area (Å²) in [6.07, 6.45) is 4.81. The van der Waals surface area contributed by atoms with E-state index < -0.39 is 0 Å². The minimum atomic E-state index is 0.496. The number of rotatable bonds is 4. The SMILES string of the molecule is CN(Cc1nnnn1C1CC1)[C@@H]1CCc2ccccc21. The van der Waals surface area contributed by atoms with E-state index in [1.165, 1.54) is 36.8 Å². The van der Waals surface area contributed by atoms with E-state index in [-0.39, 0.29) is 0 Å². The van der Waals surface area contributed by atoms with Crippen LogP contribution in [0.25, 0.3) is 0 Å². The van der Waals surface area contributed by atoms with Gasteiger partial charge in [-0.2, -0.15) is 0 Å². The second-order valence-corrected chi connectivity index (χ2v) is 5.94. The van der Waals surface area contributed by atoms with Crippen molar-refractivity contribution >= 4 is 0 Å². The van der Waals surface area contributed by atoms with Gasteiger partial charge in [0, 0.05) is 6.04 Å². The van der Waals surface area contributed by atoms with Gasteiger partial charge in [0.05, 0.1) is 12.6 Å². The van der Waals surface area contributed by atoms with Gasteiger partial charge >= 0.3 is 0 Å². The molecule has 0 radical (unpaired) electrons. The van der Waals surface area contributed by atoms with Crippen LogP contribution in [0.5, 0.6) is 0 Å². The summed E-state index contributed by atoms with van der Waals surface area (Å²) in [7, 11) is 2.18. The third kappa shape index (κ3) is 2.02. The smallest absolute Gasteiger partial charge is 0.165 e. The van der Waals surface area contributed by atoms with Crippen LogP contribution in [-0.4, -0.2) is 32.2 Å². The maximum atomic E-state index is 4.20. The summed E-state index contributed by atoms with van der Waals surface area (Å²) in [6, 6.07) is 9.82. The zero-order chi connectivity index (χ0) is 13.5. The normalized spacial score (nSPS) is 21.4. The van der Waals surface area contributed by atoms with Gasteiger partial charge in [-0.05, 0) is 54.3 Å². The molecule has 20 heavy (non-hydrogen) atoms. The number of hydrogen-bond acceptors (Lipinski definition) is 4. The van der Waals surface area contributed by atoms with E-state index in [4.69, 9.17) is 0 Å². The largest absolute Gasteiger partial charge is 0.292 e. The van der Waals surface area contributed by atoms with Crippen LogP contribution in [0.2, 0.25) is 0 Å². The van der Waals surface area contributed by atoms with Crippen molar-refractivity contribution in [2.45, 2.75) is 44.3 Å². The van der Waals surface area contributed by atoms with Crippen LogP contribution >= 0.6 is 0 Å². The average Bonchev–Trinajstić information content (AvgIpc) is 3.05. The second kappa shape index (κ2) is 4.66. The second-order valence-electron chi connectivity index (χ2n) is 5.94. The van der Waals surface area contributed by atoms with Crippen LogP contribution in [0.3, 0.4) is 0 Å². The first-order chi connectivity index (χ1) is 9.83. The van der Waals surface area contributed by atoms with Crippen molar-refractivity contribution in [3.8, 4) is 0 Å². The highest BCUT2D eigenvalue weighted by Gasteiger charge is 2.30. The summed E-state index contributed by atoms with van der Waals surface area (Å²) in [5, 5.41) is 12.2. The molecule has 1 aromatic heterocycles. The monoisotopic (exact) mass is 269 g/mol. The van der Waals surface area contributed by atoms with Crippen LogP contribution in [0, 0.1) is 0 Å². The Kier molecular flexibility index (Phi) is 2.80. The topological polar surface area (TPSA) is 46.8 Å². The van der Waals surface area contributed by atoms with E-state index in [1.807, 2.05) is 4.68 Å². The molecular formula is C15H19N5. The standard InChI is InChI=1S/C15H19N5/c1-19(10-15-16-17-18-20(15)12-7-8-12)14-9-6-11-4-2-3-5-13(11)14/h2-5,12,14H,6-10H2,1H3/t14-/m1/s1. The molecule has 2 aromatic rings. The first-order valence-electron chi connectivity index (χ1n) is 7.37. The quantitative estimate of drug-likeness (QED) is 0.853. The van der Waals surface area contributed by atoms with E-state index in [9.17, 15) is 0 Å². The highest BCUT2D eigenvalue weighted by Crippen LogP contribution is 2.37. The van der Waals surface area contributed by atoms with Crippen LogP contribution in [0.1, 0.15) is 48.3 Å². The summed E-state index contributed by atoms with van der Waals surface area (Å²) in [4.78, 5) is 2.39. The zero-order valence-corrected chi connectivity index (χ0v) is 11.7. The Bertz CT molecular complexity index is 616. The fraction of sp³-hybridized carbons (Fsp3) is 0.533. The summed E-state index contributed by atoms with van der Waals surface area (Å²) in [5.74, 6) is 0.999. The third-order valence-corrected chi connectivity index (χ3v) is 4.48. The lowest BCUT2D eigenvalue weighted by Crippen LogP contribution is -2.24. The van der Waals surface area contributed by atoms with Crippen LogP contribution in [-0.2, 0) is 13.0 Å². The molecule has 1 fully saturated rings. The van der Waals surface area contributed by atoms with Crippen LogP contribution in [0.15, 0.2) is 24.3 Å². The van der Waals surface area contributed by atoms with E-state index in [0.29, 0.717) is 12.1 Å². The molecule has 5 nitrogen and oxygen atoms in total. The average molecular weight is 269 g/mol. The Hall–Kier alpha value is -1.75. The summed E-state index contributed by atoms with van der Waals surface area (Å²) < 4.78 is 2.01. The molecule has 0 spiro atoms. The first kappa shape index (κ1) is 12.0. The molecule has 0 N–H and O–H groups in total. The van der Waals surface area contributed by atoms with Crippen molar-refractivity contribution in [3.05, 3.63) is 41.2 Å². The Morgan fingerprint density at radius 1 is 1.25 bits per heavy atom. The van der Waals surface area contributed by atoms with E-state index in [1.54, 1.807) is 0 Å². The molecule has 0 unspecified atom stereocenters. The number of aromatic nitrogens is 4. The molecular weight excluding hydrogens is 250 g/mol. The maximum Gasteiger partial charge on any atom is 0.165 e. The van der Waals surface area contributed by atoms with Crippen LogP contribution < -0.4 is 0 Å². The van der Waals surface area contributed by atoms with Crippen molar-refractivity contribution in [1.82, 2.24) is 25.1 Å². The highest BCUT2D eigenvalue weighted by molar-refractivity contribution is 5.34. The number of nitrogens with zero attached hydrogens (tertiary/aromatic N) is 5. The minimum absolute atomic E-state index is 0.496. The third-order valence-electron chi connectivity index (χ3n) is 4.48. The van der Waals surface area contributed by atoms with Gasteiger partial charge in [0.25, 0.3) is 0 Å². The minimum Gasteiger partial charge on any atom is -0.292 e. The number of tetrazole rings is 1. The lowest BCUT2D eigenvalue weighted by molar-refractivity contribution is 0.226. The Morgan fingerprint density at radius 2 is 2.10 bits per heavy atom. The van der Waals surface area contributed by atoms with Crippen molar-refractivity contribution in [2.75, 3.05) is 7.05 Å². The molecule has 2 aliphatic rings. The van der Waals surface area contributed by atoms with Gasteiger partial charge in [-0.15, -0.1) is 5.10 Å². The molecule has 1 heterocycles. The predicted octanol–water partition coefficient (Wildman–Crippen LogP) is 2.13. The van der Waals surface area contributed by atoms with Gasteiger partial charge in [0.15, 0.2) is 5.82 Å². The molecule has 1 aromatic carbocycles. The first-order valence-corrected chi connectivity index (χ1v) is 7.37. The van der Waals surface area contributed by atoms with Gasteiger partial charge in [-0.25, -0.2) is 4.68 Å². The Labute approximate surface area is 118 Å². The fourth-order valence-electron chi connectivity index (χ4n) is 3.24. The number of benzene rings is 1. The molecule has 104 valence electrons. The fourth-order valence-corrected chi connectivity index (χ4v) is 3.24. The zero-order valence-electron chi connectivity index (χ0n) is 11.7. The predicted molar refractivity (Wildman–Crippen MR) is 75.1 cm³/mol. The van der Waals surface area contributed by atoms with E-state index in [0.717, 1.165) is 12.4 Å². The van der Waals surface area contributed by atoms with Gasteiger partial charge in [0.1, 0.15) is 0 Å². The molecule has 0 amide bonds. The van der Waals surface area contributed by atoms with Gasteiger partial charge < -0.3 is 0 Å². The van der Waals surface area contributed by atoms with Gasteiger partial charge in [-0.3, -0.25) is 4.90 Å². The maximum absolute atomic E-state index is 4.20. The van der Waals surface area contributed by atoms with Crippen molar-refractivity contribution in [1.29, 1.82) is 0 Å². The lowest BCUT2D eigenvalue weighted by Gasteiger charge is -2.24. The molecule has 0 aliphatic heterocycles. The molecule has 0 saturated heterocycles. The van der Waals surface area contributed by atoms with E-state index >= 15 is 0 Å². The van der Waals surface area contributed by atoms with E-state index in [2.05, 4.69) is 51.7 Å². The summed E-state index contributed by atoms with van der Waals surface area (Å²) in [5.41, 5.74) is 2.96. The summed E-state index contributed by atoms with van der Waals surface area (Å²) in [6.45, 7) is 0.822. The molecule has 5 heteroatoms. The molecule has 1 saturated carbocycles. The number of hydrogen-bond donors (Lipinski definition) is 0. The van der Waals surface area contributed by atoms with Gasteiger partial charge in [0.2, 0.25) is 0 Å². The molecule has 1 atom stereocenters. The van der Waals surface area contributed by atoms with Crippen molar-refractivity contribution < 1.29 is 0 Å². The highest BCUT2D eigenvalue weighted by atomic mass is 15.6. The van der Waals surface area contributed by atoms with Crippen molar-refractivity contribution in [2.24, 2.45) is 0 Å².